The van der Waals surface area contributed by atoms with E-state index in [1.54, 1.807) is 18.7 Å². The van der Waals surface area contributed by atoms with Crippen molar-refractivity contribution in [2.45, 2.75) is 19.9 Å². The van der Waals surface area contributed by atoms with Gasteiger partial charge in [0.2, 0.25) is 5.82 Å². The number of anilines is 1. The third-order valence-corrected chi connectivity index (χ3v) is 3.33. The Labute approximate surface area is 108 Å². The highest BCUT2D eigenvalue weighted by atomic mass is 32.2. The van der Waals surface area contributed by atoms with Crippen LogP contribution in [0.5, 0.6) is 0 Å². The zero-order valence-electron chi connectivity index (χ0n) is 10.1. The predicted molar refractivity (Wildman–Crippen MR) is 69.1 cm³/mol. The highest BCUT2D eigenvalue weighted by molar-refractivity contribution is 7.99. The van der Waals surface area contributed by atoms with Crippen molar-refractivity contribution in [3.8, 4) is 0 Å². The van der Waals surface area contributed by atoms with Crippen molar-refractivity contribution in [1.29, 1.82) is 0 Å². The number of nitro benzene ring substituents is 1. The van der Waals surface area contributed by atoms with Crippen LogP contribution >= 0.6 is 11.8 Å². The lowest BCUT2D eigenvalue weighted by molar-refractivity contribution is -0.386. The van der Waals surface area contributed by atoms with Gasteiger partial charge in [-0.2, -0.15) is 16.2 Å². The molecule has 18 heavy (non-hydrogen) atoms. The molecule has 1 rings (SSSR count). The molecule has 0 aliphatic rings. The molecule has 1 unspecified atom stereocenters. The fraction of sp³-hybridized carbons (Fsp3) is 0.455. The highest BCUT2D eigenvalue weighted by Crippen LogP contribution is 2.29. The van der Waals surface area contributed by atoms with E-state index in [1.807, 2.05) is 6.92 Å². The first-order chi connectivity index (χ1) is 8.45. The van der Waals surface area contributed by atoms with Crippen LogP contribution in [0.25, 0.3) is 0 Å². The molecule has 0 radical (unpaired) electrons. The standard InChI is InChI=1S/C11H14F2N2O2S/c1-3-18-6-7(2)14-10-5-8(12)4-9(13)11(10)15(16)17/h4-5,7,14H,3,6H2,1-2H3. The summed E-state index contributed by atoms with van der Waals surface area (Å²) in [5.74, 6) is -0.397. The van der Waals surface area contributed by atoms with Gasteiger partial charge >= 0.3 is 5.69 Å². The number of benzene rings is 1. The summed E-state index contributed by atoms with van der Waals surface area (Å²) in [5, 5.41) is 13.5. The molecule has 0 heterocycles. The number of hydrogen-bond donors (Lipinski definition) is 1. The molecule has 7 heteroatoms. The molecule has 0 aliphatic heterocycles. The number of hydrogen-bond acceptors (Lipinski definition) is 4. The van der Waals surface area contributed by atoms with Gasteiger partial charge in [0.05, 0.1) is 4.92 Å². The zero-order chi connectivity index (χ0) is 13.7. The molecule has 0 saturated carbocycles. The number of nitro groups is 1. The molecular weight excluding hydrogens is 262 g/mol. The van der Waals surface area contributed by atoms with Crippen LogP contribution in [-0.4, -0.2) is 22.5 Å². The zero-order valence-corrected chi connectivity index (χ0v) is 10.9. The van der Waals surface area contributed by atoms with E-state index in [1.165, 1.54) is 0 Å². The first-order valence-electron chi connectivity index (χ1n) is 5.43. The molecule has 100 valence electrons. The first-order valence-corrected chi connectivity index (χ1v) is 6.58. The fourth-order valence-corrected chi connectivity index (χ4v) is 2.14. The molecule has 4 nitrogen and oxygen atoms in total. The van der Waals surface area contributed by atoms with Gasteiger partial charge in [0, 0.05) is 23.9 Å². The Balaban J connectivity index is 2.96. The van der Waals surface area contributed by atoms with Crippen LogP contribution in [-0.2, 0) is 0 Å². The Hall–Kier alpha value is -1.37. The Morgan fingerprint density at radius 3 is 2.72 bits per heavy atom. The van der Waals surface area contributed by atoms with E-state index in [0.29, 0.717) is 11.8 Å². The number of nitrogens with one attached hydrogen (secondary N) is 1. The molecule has 0 aromatic heterocycles. The second-order valence-corrected chi connectivity index (χ2v) is 5.06. The van der Waals surface area contributed by atoms with Crippen molar-refractivity contribution in [3.05, 3.63) is 33.9 Å². The summed E-state index contributed by atoms with van der Waals surface area (Å²) >= 11 is 1.64. The van der Waals surface area contributed by atoms with E-state index in [0.717, 1.165) is 11.8 Å². The van der Waals surface area contributed by atoms with Crippen LogP contribution < -0.4 is 5.32 Å². The summed E-state index contributed by atoms with van der Waals surface area (Å²) in [7, 11) is 0. The van der Waals surface area contributed by atoms with Crippen molar-refractivity contribution in [2.75, 3.05) is 16.8 Å². The molecule has 0 bridgehead atoms. The van der Waals surface area contributed by atoms with Gasteiger partial charge < -0.3 is 5.32 Å². The number of nitrogens with zero attached hydrogens (tertiary/aromatic N) is 1. The van der Waals surface area contributed by atoms with Crippen molar-refractivity contribution >= 4 is 23.1 Å². The van der Waals surface area contributed by atoms with E-state index in [2.05, 4.69) is 5.32 Å². The number of rotatable bonds is 6. The lowest BCUT2D eigenvalue weighted by Gasteiger charge is -2.14. The lowest BCUT2D eigenvalue weighted by Crippen LogP contribution is -2.19. The summed E-state index contributed by atoms with van der Waals surface area (Å²) in [6.45, 7) is 3.79. The monoisotopic (exact) mass is 276 g/mol. The number of halogens is 2. The summed E-state index contributed by atoms with van der Waals surface area (Å²) in [4.78, 5) is 9.90. The average Bonchev–Trinajstić information content (AvgIpc) is 2.24. The third-order valence-electron chi connectivity index (χ3n) is 2.18. The minimum atomic E-state index is -1.17. The first kappa shape index (κ1) is 14.7. The maximum absolute atomic E-state index is 13.3. The van der Waals surface area contributed by atoms with Gasteiger partial charge in [0.25, 0.3) is 0 Å². The van der Waals surface area contributed by atoms with E-state index < -0.39 is 22.2 Å². The topological polar surface area (TPSA) is 55.2 Å². The van der Waals surface area contributed by atoms with Crippen LogP contribution in [0.4, 0.5) is 20.2 Å². The molecule has 0 spiro atoms. The Bertz CT molecular complexity index is 443. The van der Waals surface area contributed by atoms with Crippen molar-refractivity contribution in [3.63, 3.8) is 0 Å². The molecule has 0 saturated heterocycles. The van der Waals surface area contributed by atoms with Crippen LogP contribution in [0.15, 0.2) is 12.1 Å². The largest absolute Gasteiger partial charge is 0.376 e. The molecule has 1 atom stereocenters. The molecule has 0 fully saturated rings. The molecule has 1 aromatic carbocycles. The maximum Gasteiger partial charge on any atom is 0.327 e. The second kappa shape index (κ2) is 6.53. The minimum absolute atomic E-state index is 0.116. The van der Waals surface area contributed by atoms with Gasteiger partial charge in [-0.1, -0.05) is 6.92 Å². The van der Waals surface area contributed by atoms with E-state index in [9.17, 15) is 18.9 Å². The van der Waals surface area contributed by atoms with Crippen LogP contribution in [0.2, 0.25) is 0 Å². The van der Waals surface area contributed by atoms with Gasteiger partial charge in [-0.25, -0.2) is 4.39 Å². The van der Waals surface area contributed by atoms with Crippen LogP contribution in [0, 0.1) is 21.7 Å². The Morgan fingerprint density at radius 2 is 2.17 bits per heavy atom. The lowest BCUT2D eigenvalue weighted by atomic mass is 10.2. The summed E-state index contributed by atoms with van der Waals surface area (Å²) in [6.07, 6.45) is 0. The molecule has 1 aromatic rings. The van der Waals surface area contributed by atoms with Crippen molar-refractivity contribution in [2.24, 2.45) is 0 Å². The Morgan fingerprint density at radius 1 is 1.50 bits per heavy atom. The SMILES string of the molecule is CCSCC(C)Nc1cc(F)cc(F)c1[N+](=O)[O-]. The van der Waals surface area contributed by atoms with E-state index in [4.69, 9.17) is 0 Å². The minimum Gasteiger partial charge on any atom is -0.376 e. The summed E-state index contributed by atoms with van der Waals surface area (Å²) in [5.41, 5.74) is -0.841. The fourth-order valence-electron chi connectivity index (χ4n) is 1.46. The van der Waals surface area contributed by atoms with Gasteiger partial charge in [0.1, 0.15) is 11.5 Å². The maximum atomic E-state index is 13.3. The van der Waals surface area contributed by atoms with Gasteiger partial charge in [0.15, 0.2) is 0 Å². The summed E-state index contributed by atoms with van der Waals surface area (Å²) < 4.78 is 26.4. The van der Waals surface area contributed by atoms with Crippen molar-refractivity contribution in [1.82, 2.24) is 0 Å². The van der Waals surface area contributed by atoms with E-state index >= 15 is 0 Å². The normalized spacial score (nSPS) is 12.2. The van der Waals surface area contributed by atoms with Crippen molar-refractivity contribution < 1.29 is 13.7 Å². The third kappa shape index (κ3) is 3.83. The molecule has 0 amide bonds. The predicted octanol–water partition coefficient (Wildman–Crippen LogP) is 3.43. The smallest absolute Gasteiger partial charge is 0.327 e. The van der Waals surface area contributed by atoms with Gasteiger partial charge in [-0.15, -0.1) is 0 Å². The van der Waals surface area contributed by atoms with Gasteiger partial charge in [-0.3, -0.25) is 10.1 Å². The molecular formula is C11H14F2N2O2S. The highest BCUT2D eigenvalue weighted by Gasteiger charge is 2.22. The second-order valence-electron chi connectivity index (χ2n) is 3.75. The Kier molecular flexibility index (Phi) is 5.33. The molecule has 1 N–H and O–H groups in total. The average molecular weight is 276 g/mol. The van der Waals surface area contributed by atoms with Gasteiger partial charge in [-0.05, 0) is 12.7 Å². The number of thioether (sulfide) groups is 1. The summed E-state index contributed by atoms with van der Waals surface area (Å²) in [6, 6.07) is 1.33. The van der Waals surface area contributed by atoms with Crippen LogP contribution in [0.3, 0.4) is 0 Å². The van der Waals surface area contributed by atoms with Crippen LogP contribution in [0.1, 0.15) is 13.8 Å². The molecule has 0 aliphatic carbocycles. The van der Waals surface area contributed by atoms with E-state index in [-0.39, 0.29) is 11.7 Å². The quantitative estimate of drug-likeness (QED) is 0.639.